The van der Waals surface area contributed by atoms with Gasteiger partial charge in [0.2, 0.25) is 0 Å². The first-order chi connectivity index (χ1) is 8.31. The molecule has 1 N–H and O–H groups in total. The predicted octanol–water partition coefficient (Wildman–Crippen LogP) is 1.27. The van der Waals surface area contributed by atoms with Crippen molar-refractivity contribution in [1.82, 2.24) is 15.2 Å². The average molecular weight is 231 g/mol. The number of oxazole rings is 1. The Morgan fingerprint density at radius 3 is 3.35 bits per heavy atom. The highest BCUT2D eigenvalue weighted by Gasteiger charge is 2.16. The molecule has 0 aliphatic carbocycles. The van der Waals surface area contributed by atoms with Crippen LogP contribution in [0.4, 0.5) is 0 Å². The fourth-order valence-electron chi connectivity index (χ4n) is 2.44. The van der Waals surface area contributed by atoms with E-state index in [4.69, 9.17) is 4.42 Å². The monoisotopic (exact) mass is 231 g/mol. The Kier molecular flexibility index (Phi) is 2.82. The number of likely N-dealkylation sites (N-methyl/N-ethyl adjacent to an activating group) is 1. The normalized spacial score (nSPS) is 22.1. The first kappa shape index (κ1) is 10.7. The first-order valence-electron chi connectivity index (χ1n) is 6.05. The molecule has 1 aromatic carbocycles. The van der Waals surface area contributed by atoms with Gasteiger partial charge in [-0.25, -0.2) is 4.98 Å². The summed E-state index contributed by atoms with van der Waals surface area (Å²) in [4.78, 5) is 6.50. The molecule has 1 saturated heterocycles. The van der Waals surface area contributed by atoms with Crippen molar-refractivity contribution < 1.29 is 4.42 Å². The van der Waals surface area contributed by atoms with Crippen molar-refractivity contribution >= 4 is 11.1 Å². The Morgan fingerprint density at radius 1 is 1.53 bits per heavy atom. The van der Waals surface area contributed by atoms with Crippen molar-refractivity contribution in [2.75, 3.05) is 26.7 Å². The summed E-state index contributed by atoms with van der Waals surface area (Å²) in [6.45, 7) is 3.32. The smallest absolute Gasteiger partial charge is 0.181 e. The summed E-state index contributed by atoms with van der Waals surface area (Å²) in [5.74, 6) is 0. The molecule has 17 heavy (non-hydrogen) atoms. The van der Waals surface area contributed by atoms with Gasteiger partial charge in [0.05, 0.1) is 0 Å². The molecule has 1 aromatic heterocycles. The second-order valence-electron chi connectivity index (χ2n) is 4.77. The quantitative estimate of drug-likeness (QED) is 0.845. The van der Waals surface area contributed by atoms with Gasteiger partial charge in [-0.15, -0.1) is 0 Å². The number of aromatic nitrogens is 1. The Bertz CT molecular complexity index is 508. The molecule has 0 spiro atoms. The van der Waals surface area contributed by atoms with E-state index >= 15 is 0 Å². The third kappa shape index (κ3) is 2.33. The molecular weight excluding hydrogens is 214 g/mol. The largest absolute Gasteiger partial charge is 0.443 e. The van der Waals surface area contributed by atoms with Crippen LogP contribution in [0.3, 0.4) is 0 Å². The van der Waals surface area contributed by atoms with Crippen LogP contribution >= 0.6 is 0 Å². The van der Waals surface area contributed by atoms with Crippen molar-refractivity contribution in [1.29, 1.82) is 0 Å². The number of benzene rings is 1. The topological polar surface area (TPSA) is 41.3 Å². The van der Waals surface area contributed by atoms with Gasteiger partial charge in [0.15, 0.2) is 12.0 Å². The van der Waals surface area contributed by atoms with E-state index in [-0.39, 0.29) is 0 Å². The van der Waals surface area contributed by atoms with Crippen LogP contribution in [0.1, 0.15) is 5.56 Å². The Balaban J connectivity index is 1.75. The summed E-state index contributed by atoms with van der Waals surface area (Å²) in [6.07, 6.45) is 2.54. The second kappa shape index (κ2) is 4.47. The van der Waals surface area contributed by atoms with Crippen molar-refractivity contribution in [2.45, 2.75) is 12.5 Å². The van der Waals surface area contributed by atoms with Gasteiger partial charge >= 0.3 is 0 Å². The standard InChI is InChI=1S/C13H17N3O/c1-16-5-4-14-11(8-16)6-10-2-3-12-13(7-10)17-9-15-12/h2-3,7,9,11,14H,4-6,8H2,1H3. The second-order valence-corrected chi connectivity index (χ2v) is 4.77. The highest BCUT2D eigenvalue weighted by Crippen LogP contribution is 2.16. The lowest BCUT2D eigenvalue weighted by atomic mass is 10.0. The summed E-state index contributed by atoms with van der Waals surface area (Å²) >= 11 is 0. The van der Waals surface area contributed by atoms with Crippen LogP contribution in [0.15, 0.2) is 29.0 Å². The Hall–Kier alpha value is -1.39. The molecule has 1 atom stereocenters. The highest BCUT2D eigenvalue weighted by molar-refractivity contribution is 5.72. The maximum absolute atomic E-state index is 5.33. The zero-order chi connectivity index (χ0) is 11.7. The molecule has 2 aromatic rings. The molecule has 1 fully saturated rings. The maximum Gasteiger partial charge on any atom is 0.181 e. The van der Waals surface area contributed by atoms with Gasteiger partial charge < -0.3 is 14.6 Å². The van der Waals surface area contributed by atoms with E-state index in [1.54, 1.807) is 0 Å². The number of nitrogens with zero attached hydrogens (tertiary/aromatic N) is 2. The van der Waals surface area contributed by atoms with Gasteiger partial charge in [0, 0.05) is 25.7 Å². The Labute approximate surface area is 101 Å². The molecule has 1 aliphatic rings. The molecule has 4 nitrogen and oxygen atoms in total. The summed E-state index contributed by atoms with van der Waals surface area (Å²) in [6, 6.07) is 6.80. The van der Waals surface area contributed by atoms with Crippen LogP contribution in [-0.2, 0) is 6.42 Å². The van der Waals surface area contributed by atoms with Crippen molar-refractivity contribution in [3.8, 4) is 0 Å². The molecule has 0 amide bonds. The van der Waals surface area contributed by atoms with Gasteiger partial charge in [-0.1, -0.05) is 6.07 Å². The van der Waals surface area contributed by atoms with E-state index in [2.05, 4.69) is 34.4 Å². The number of hydrogen-bond acceptors (Lipinski definition) is 4. The van der Waals surface area contributed by atoms with Crippen LogP contribution in [0.5, 0.6) is 0 Å². The van der Waals surface area contributed by atoms with E-state index in [1.807, 2.05) is 6.07 Å². The fraction of sp³-hybridized carbons (Fsp3) is 0.462. The molecular formula is C13H17N3O. The molecule has 0 bridgehead atoms. The molecule has 0 radical (unpaired) electrons. The summed E-state index contributed by atoms with van der Waals surface area (Å²) in [7, 11) is 2.17. The molecule has 2 heterocycles. The van der Waals surface area contributed by atoms with Gasteiger partial charge in [0.1, 0.15) is 5.52 Å². The predicted molar refractivity (Wildman–Crippen MR) is 67.0 cm³/mol. The van der Waals surface area contributed by atoms with Crippen molar-refractivity contribution in [3.05, 3.63) is 30.2 Å². The van der Waals surface area contributed by atoms with Gasteiger partial charge in [0.25, 0.3) is 0 Å². The van der Waals surface area contributed by atoms with Crippen LogP contribution in [0.2, 0.25) is 0 Å². The van der Waals surface area contributed by atoms with Crippen LogP contribution in [0, 0.1) is 0 Å². The minimum atomic E-state index is 0.536. The molecule has 4 heteroatoms. The number of piperazine rings is 1. The fourth-order valence-corrected chi connectivity index (χ4v) is 2.44. The number of nitrogens with one attached hydrogen (secondary N) is 1. The number of fused-ring (bicyclic) bond motifs is 1. The minimum Gasteiger partial charge on any atom is -0.443 e. The van der Waals surface area contributed by atoms with E-state index in [0.717, 1.165) is 37.2 Å². The number of rotatable bonds is 2. The molecule has 3 rings (SSSR count). The van der Waals surface area contributed by atoms with Crippen molar-refractivity contribution in [2.24, 2.45) is 0 Å². The highest BCUT2D eigenvalue weighted by atomic mass is 16.3. The van der Waals surface area contributed by atoms with E-state index in [0.29, 0.717) is 6.04 Å². The maximum atomic E-state index is 5.33. The van der Waals surface area contributed by atoms with Gasteiger partial charge in [-0.3, -0.25) is 0 Å². The van der Waals surface area contributed by atoms with Crippen LogP contribution in [-0.4, -0.2) is 42.6 Å². The Morgan fingerprint density at radius 2 is 2.47 bits per heavy atom. The van der Waals surface area contributed by atoms with E-state index in [1.165, 1.54) is 12.0 Å². The van der Waals surface area contributed by atoms with Crippen molar-refractivity contribution in [3.63, 3.8) is 0 Å². The zero-order valence-corrected chi connectivity index (χ0v) is 10.0. The van der Waals surface area contributed by atoms with Gasteiger partial charge in [-0.05, 0) is 31.2 Å². The summed E-state index contributed by atoms with van der Waals surface area (Å²) in [5, 5.41) is 3.55. The average Bonchev–Trinajstić information content (AvgIpc) is 2.76. The first-order valence-corrected chi connectivity index (χ1v) is 6.05. The van der Waals surface area contributed by atoms with E-state index < -0.39 is 0 Å². The zero-order valence-electron chi connectivity index (χ0n) is 10.0. The molecule has 0 saturated carbocycles. The SMILES string of the molecule is CN1CCNC(Cc2ccc3ncoc3c2)C1. The molecule has 90 valence electrons. The van der Waals surface area contributed by atoms with Crippen LogP contribution in [0.25, 0.3) is 11.1 Å². The van der Waals surface area contributed by atoms with Crippen LogP contribution < -0.4 is 5.32 Å². The summed E-state index contributed by atoms with van der Waals surface area (Å²) in [5.41, 5.74) is 3.12. The minimum absolute atomic E-state index is 0.536. The third-order valence-electron chi connectivity index (χ3n) is 3.34. The molecule has 1 unspecified atom stereocenters. The lowest BCUT2D eigenvalue weighted by Gasteiger charge is -2.30. The molecule has 1 aliphatic heterocycles. The van der Waals surface area contributed by atoms with E-state index in [9.17, 15) is 0 Å². The third-order valence-corrected chi connectivity index (χ3v) is 3.34. The lowest BCUT2D eigenvalue weighted by molar-refractivity contribution is 0.238. The van der Waals surface area contributed by atoms with Gasteiger partial charge in [-0.2, -0.15) is 0 Å². The lowest BCUT2D eigenvalue weighted by Crippen LogP contribution is -2.49. The summed E-state index contributed by atoms with van der Waals surface area (Å²) < 4.78 is 5.33. The number of hydrogen-bond donors (Lipinski definition) is 1.